The van der Waals surface area contributed by atoms with Gasteiger partial charge in [-0.3, -0.25) is 0 Å². The van der Waals surface area contributed by atoms with E-state index in [1.165, 1.54) is 5.56 Å². The molecule has 5 rings (SSSR count). The Kier molecular flexibility index (Phi) is 8.98. The van der Waals surface area contributed by atoms with E-state index < -0.39 is 0 Å². The first-order valence-corrected chi connectivity index (χ1v) is 12.7. The van der Waals surface area contributed by atoms with Crippen LogP contribution in [0.3, 0.4) is 0 Å². The van der Waals surface area contributed by atoms with Crippen molar-refractivity contribution in [2.45, 2.75) is 67.3 Å². The Morgan fingerprint density at radius 3 is 2.32 bits per heavy atom. The highest BCUT2D eigenvalue weighted by molar-refractivity contribution is 5.67. The van der Waals surface area contributed by atoms with E-state index >= 15 is 0 Å². The van der Waals surface area contributed by atoms with Crippen molar-refractivity contribution in [2.24, 2.45) is 0 Å². The highest BCUT2D eigenvalue weighted by Gasteiger charge is 2.26. The number of hydrogen-bond acceptors (Lipinski definition) is 7. The molecular weight excluding hydrogens is 424 g/mol. The first-order valence-electron chi connectivity index (χ1n) is 12.7. The molecule has 8 heteroatoms. The molecule has 1 saturated heterocycles. The zero-order chi connectivity index (χ0) is 24.7. The zero-order valence-corrected chi connectivity index (χ0v) is 21.8. The summed E-state index contributed by atoms with van der Waals surface area (Å²) < 4.78 is 2.28. The molecule has 0 amide bonds. The molecule has 0 atom stereocenters. The highest BCUT2D eigenvalue weighted by Crippen LogP contribution is 2.35. The van der Waals surface area contributed by atoms with E-state index in [2.05, 4.69) is 56.9 Å². The molecule has 0 unspecified atom stereocenters. The Morgan fingerprint density at radius 1 is 0.941 bits per heavy atom. The quantitative estimate of drug-likeness (QED) is 0.566. The number of nitrogens with one attached hydrogen (secondary N) is 2. The van der Waals surface area contributed by atoms with Crippen LogP contribution in [-0.2, 0) is 12.8 Å². The van der Waals surface area contributed by atoms with Crippen molar-refractivity contribution >= 4 is 17.5 Å². The molecule has 0 radical (unpaired) electrons. The molecule has 1 aliphatic heterocycles. The van der Waals surface area contributed by atoms with Crippen LogP contribution in [0.25, 0.3) is 11.4 Å². The number of pyridine rings is 1. The van der Waals surface area contributed by atoms with E-state index in [1.807, 2.05) is 46.2 Å². The van der Waals surface area contributed by atoms with Gasteiger partial charge in [-0.05, 0) is 51.3 Å². The first kappa shape index (κ1) is 25.6. The molecule has 0 saturated carbocycles. The van der Waals surface area contributed by atoms with Crippen molar-refractivity contribution in [2.75, 3.05) is 36.4 Å². The van der Waals surface area contributed by atoms with E-state index in [1.54, 1.807) is 0 Å². The summed E-state index contributed by atoms with van der Waals surface area (Å²) in [4.78, 5) is 21.2. The van der Waals surface area contributed by atoms with Gasteiger partial charge >= 0.3 is 0 Å². The lowest BCUT2D eigenvalue weighted by Gasteiger charge is -2.29. The molecule has 184 valence electrons. The second-order valence-electron chi connectivity index (χ2n) is 8.25. The number of aryl methyl sites for hydroxylation is 3. The Labute approximate surface area is 204 Å². The van der Waals surface area contributed by atoms with Gasteiger partial charge in [-0.2, -0.15) is 0 Å². The lowest BCUT2D eigenvalue weighted by molar-refractivity contribution is 0.586. The number of hydrogen-bond donors (Lipinski definition) is 2. The van der Waals surface area contributed by atoms with Crippen LogP contribution < -0.4 is 15.5 Å². The number of piperazine rings is 1. The zero-order valence-electron chi connectivity index (χ0n) is 21.8. The molecule has 4 heterocycles. The lowest BCUT2D eigenvalue weighted by atomic mass is 9.97. The van der Waals surface area contributed by atoms with E-state index in [4.69, 9.17) is 9.97 Å². The summed E-state index contributed by atoms with van der Waals surface area (Å²) in [5.74, 6) is 2.36. The fourth-order valence-electron chi connectivity index (χ4n) is 4.45. The largest absolute Gasteiger partial charge is 0.368 e. The van der Waals surface area contributed by atoms with Gasteiger partial charge in [0.1, 0.15) is 11.6 Å². The van der Waals surface area contributed by atoms with E-state index in [9.17, 15) is 0 Å². The SMILES string of the molecule is CC.CC.Cc1nc2c(n1C(C)C)-c1nc(Nc3ccc(N4CCNCC4)cn3)ncc1CC2. The summed E-state index contributed by atoms with van der Waals surface area (Å²) in [5, 5.41) is 6.65. The first-order chi connectivity index (χ1) is 16.6. The molecule has 34 heavy (non-hydrogen) atoms. The van der Waals surface area contributed by atoms with Crippen molar-refractivity contribution in [3.8, 4) is 11.4 Å². The molecule has 3 aromatic heterocycles. The average Bonchev–Trinajstić information content (AvgIpc) is 3.24. The number of aromatic nitrogens is 5. The van der Waals surface area contributed by atoms with Crippen LogP contribution in [0, 0.1) is 6.92 Å². The van der Waals surface area contributed by atoms with Crippen LogP contribution in [-0.4, -0.2) is 50.7 Å². The third-order valence-electron chi connectivity index (χ3n) is 5.87. The van der Waals surface area contributed by atoms with Crippen LogP contribution in [0.15, 0.2) is 24.5 Å². The summed E-state index contributed by atoms with van der Waals surface area (Å²) >= 11 is 0. The Hall–Kier alpha value is -3.00. The van der Waals surface area contributed by atoms with E-state index in [0.29, 0.717) is 12.0 Å². The minimum atomic E-state index is 0.331. The predicted molar refractivity (Wildman–Crippen MR) is 141 cm³/mol. The van der Waals surface area contributed by atoms with Gasteiger partial charge in [0.15, 0.2) is 0 Å². The van der Waals surface area contributed by atoms with Gasteiger partial charge in [-0.1, -0.05) is 27.7 Å². The minimum Gasteiger partial charge on any atom is -0.368 e. The van der Waals surface area contributed by atoms with Crippen LogP contribution in [0.5, 0.6) is 0 Å². The van der Waals surface area contributed by atoms with E-state index in [0.717, 1.165) is 73.4 Å². The minimum absolute atomic E-state index is 0.331. The Bertz CT molecular complexity index is 1050. The maximum absolute atomic E-state index is 4.88. The van der Waals surface area contributed by atoms with Crippen molar-refractivity contribution in [1.29, 1.82) is 0 Å². The van der Waals surface area contributed by atoms with Gasteiger partial charge in [0.2, 0.25) is 5.95 Å². The fraction of sp³-hybridized carbons (Fsp3) is 0.538. The number of fused-ring (bicyclic) bond motifs is 3. The summed E-state index contributed by atoms with van der Waals surface area (Å²) in [7, 11) is 0. The van der Waals surface area contributed by atoms with Gasteiger partial charge in [0, 0.05) is 38.4 Å². The normalized spacial score (nSPS) is 14.3. The molecule has 2 aliphatic rings. The molecule has 8 nitrogen and oxygen atoms in total. The van der Waals surface area contributed by atoms with Gasteiger partial charge in [0.25, 0.3) is 0 Å². The molecule has 2 N–H and O–H groups in total. The second-order valence-corrected chi connectivity index (χ2v) is 8.25. The fourth-order valence-corrected chi connectivity index (χ4v) is 4.45. The van der Waals surface area contributed by atoms with Crippen LogP contribution in [0.4, 0.5) is 17.5 Å². The lowest BCUT2D eigenvalue weighted by Crippen LogP contribution is -2.43. The van der Waals surface area contributed by atoms with Crippen LogP contribution in [0.2, 0.25) is 0 Å². The van der Waals surface area contributed by atoms with Crippen molar-refractivity contribution in [1.82, 2.24) is 29.8 Å². The summed E-state index contributed by atoms with van der Waals surface area (Å²) in [6.07, 6.45) is 5.72. The molecule has 0 bridgehead atoms. The summed E-state index contributed by atoms with van der Waals surface area (Å²) in [6, 6.07) is 4.43. The maximum atomic E-state index is 4.88. The van der Waals surface area contributed by atoms with Crippen molar-refractivity contribution in [3.05, 3.63) is 41.6 Å². The predicted octanol–water partition coefficient (Wildman–Crippen LogP) is 4.93. The van der Waals surface area contributed by atoms with Crippen LogP contribution in [0.1, 0.15) is 64.7 Å². The van der Waals surface area contributed by atoms with Gasteiger partial charge < -0.3 is 20.1 Å². The molecule has 1 fully saturated rings. The Morgan fingerprint density at radius 2 is 1.68 bits per heavy atom. The number of anilines is 3. The highest BCUT2D eigenvalue weighted by atomic mass is 15.2. The van der Waals surface area contributed by atoms with Crippen molar-refractivity contribution < 1.29 is 0 Å². The molecule has 0 aromatic carbocycles. The van der Waals surface area contributed by atoms with Gasteiger partial charge in [-0.25, -0.2) is 19.9 Å². The number of imidazole rings is 1. The number of rotatable bonds is 4. The van der Waals surface area contributed by atoms with Crippen LogP contribution >= 0.6 is 0 Å². The smallest absolute Gasteiger partial charge is 0.228 e. The average molecular weight is 465 g/mol. The third-order valence-corrected chi connectivity index (χ3v) is 5.87. The molecule has 0 spiro atoms. The summed E-state index contributed by atoms with van der Waals surface area (Å²) in [5.41, 5.74) is 5.58. The maximum Gasteiger partial charge on any atom is 0.228 e. The second kappa shape index (κ2) is 11.9. The monoisotopic (exact) mass is 464 g/mol. The molecular formula is C26H40N8. The third kappa shape index (κ3) is 5.38. The molecule has 1 aliphatic carbocycles. The van der Waals surface area contributed by atoms with Gasteiger partial charge in [-0.15, -0.1) is 0 Å². The molecule has 3 aromatic rings. The summed E-state index contributed by atoms with van der Waals surface area (Å²) in [6.45, 7) is 18.5. The van der Waals surface area contributed by atoms with Crippen molar-refractivity contribution in [3.63, 3.8) is 0 Å². The topological polar surface area (TPSA) is 83.8 Å². The Balaban J connectivity index is 0.000000771. The standard InChI is InChI=1S/C22H28N8.2C2H6/c1-14(2)30-15(3)26-18-6-4-16-12-25-22(28-20(16)21(18)30)27-19-7-5-17(13-24-19)29-10-8-23-9-11-29;2*1-2/h5,7,12-14,23H,4,6,8-11H2,1-3H3,(H,24,25,27,28);2*1-2H3. The van der Waals surface area contributed by atoms with Gasteiger partial charge in [0.05, 0.1) is 29.0 Å². The van der Waals surface area contributed by atoms with E-state index in [-0.39, 0.29) is 0 Å². The number of nitrogens with zero attached hydrogens (tertiary/aromatic N) is 6.